The summed E-state index contributed by atoms with van der Waals surface area (Å²) in [6, 6.07) is 17.5. The molecule has 0 atom stereocenters. The van der Waals surface area contributed by atoms with Gasteiger partial charge in [-0.3, -0.25) is 4.79 Å². The van der Waals surface area contributed by atoms with E-state index in [9.17, 15) is 13.2 Å². The Morgan fingerprint density at radius 1 is 1.03 bits per heavy atom. The molecule has 0 bridgehead atoms. The van der Waals surface area contributed by atoms with E-state index in [-0.39, 0.29) is 16.4 Å². The summed E-state index contributed by atoms with van der Waals surface area (Å²) in [5.74, 6) is 0.161. The highest BCUT2D eigenvalue weighted by atomic mass is 32.2. The van der Waals surface area contributed by atoms with Crippen molar-refractivity contribution in [1.82, 2.24) is 15.3 Å². The molecule has 1 amide bonds. The Morgan fingerprint density at radius 3 is 2.60 bits per heavy atom. The van der Waals surface area contributed by atoms with Gasteiger partial charge in [-0.1, -0.05) is 30.3 Å². The van der Waals surface area contributed by atoms with Gasteiger partial charge in [0.15, 0.2) is 15.6 Å². The van der Waals surface area contributed by atoms with Gasteiger partial charge in [0.2, 0.25) is 0 Å². The lowest BCUT2D eigenvalue weighted by Crippen LogP contribution is -2.25. The molecule has 7 nitrogen and oxygen atoms in total. The van der Waals surface area contributed by atoms with Gasteiger partial charge in [0.1, 0.15) is 5.82 Å². The largest absolute Gasteiger partial charge is 0.459 e. The first-order chi connectivity index (χ1) is 14.5. The number of sulfone groups is 1. The summed E-state index contributed by atoms with van der Waals surface area (Å²) in [5.41, 5.74) is 2.24. The van der Waals surface area contributed by atoms with Crippen LogP contribution in [0.2, 0.25) is 0 Å². The molecule has 4 aromatic rings. The molecule has 0 unspecified atom stereocenters. The molecule has 4 rings (SSSR count). The van der Waals surface area contributed by atoms with Crippen molar-refractivity contribution in [2.45, 2.75) is 23.5 Å². The zero-order valence-corrected chi connectivity index (χ0v) is 17.0. The van der Waals surface area contributed by atoms with Gasteiger partial charge in [0.05, 0.1) is 27.9 Å². The van der Waals surface area contributed by atoms with Crippen LogP contribution in [0, 0.1) is 0 Å². The first-order valence-electron chi connectivity index (χ1n) is 9.59. The minimum absolute atomic E-state index is 0.0262. The van der Waals surface area contributed by atoms with Crippen LogP contribution in [0.25, 0.3) is 11.0 Å². The quantitative estimate of drug-likeness (QED) is 0.422. The Labute approximate surface area is 174 Å². The van der Waals surface area contributed by atoms with Crippen molar-refractivity contribution in [3.8, 4) is 0 Å². The van der Waals surface area contributed by atoms with E-state index in [0.717, 1.165) is 16.9 Å². The van der Waals surface area contributed by atoms with Gasteiger partial charge in [0.25, 0.3) is 5.91 Å². The second-order valence-corrected chi connectivity index (χ2v) is 8.90. The van der Waals surface area contributed by atoms with Crippen LogP contribution in [0.3, 0.4) is 0 Å². The van der Waals surface area contributed by atoms with Crippen molar-refractivity contribution in [3.63, 3.8) is 0 Å². The lowest BCUT2D eigenvalue weighted by molar-refractivity contribution is 0.0924. The Morgan fingerprint density at radius 2 is 1.80 bits per heavy atom. The van der Waals surface area contributed by atoms with Crippen molar-refractivity contribution in [1.29, 1.82) is 0 Å². The summed E-state index contributed by atoms with van der Waals surface area (Å²) >= 11 is 0. The maximum Gasteiger partial charge on any atom is 0.287 e. The summed E-state index contributed by atoms with van der Waals surface area (Å²) in [7, 11) is -3.57. The molecule has 0 fully saturated rings. The molecule has 0 radical (unpaired) electrons. The van der Waals surface area contributed by atoms with E-state index in [1.54, 1.807) is 18.2 Å². The average molecular weight is 423 g/mol. The van der Waals surface area contributed by atoms with E-state index < -0.39 is 15.7 Å². The highest BCUT2D eigenvalue weighted by molar-refractivity contribution is 7.90. The van der Waals surface area contributed by atoms with Gasteiger partial charge in [-0.15, -0.1) is 0 Å². The summed E-state index contributed by atoms with van der Waals surface area (Å²) in [4.78, 5) is 20.5. The predicted molar refractivity (Wildman–Crippen MR) is 113 cm³/mol. The highest BCUT2D eigenvalue weighted by Crippen LogP contribution is 2.20. The number of carbonyl (C=O) groups excluding carboxylic acids is 1. The monoisotopic (exact) mass is 423 g/mol. The molecule has 2 N–H and O–H groups in total. The molecule has 0 spiro atoms. The predicted octanol–water partition coefficient (Wildman–Crippen LogP) is 3.49. The van der Waals surface area contributed by atoms with Crippen molar-refractivity contribution in [3.05, 3.63) is 84.1 Å². The van der Waals surface area contributed by atoms with Crippen LogP contribution in [0.15, 0.2) is 76.2 Å². The van der Waals surface area contributed by atoms with E-state index in [0.29, 0.717) is 24.9 Å². The molecule has 0 aliphatic heterocycles. The van der Waals surface area contributed by atoms with Crippen LogP contribution in [0.1, 0.15) is 28.4 Å². The number of para-hydroxylation sites is 2. The SMILES string of the molecule is O=C(NCCCc1nc2ccccc2[nH]1)c1occc1CS(=O)(=O)c1ccccc1. The number of imidazole rings is 1. The minimum atomic E-state index is -3.57. The number of fused-ring (bicyclic) bond motifs is 1. The number of aryl methyl sites for hydroxylation is 1. The van der Waals surface area contributed by atoms with Gasteiger partial charge in [-0.25, -0.2) is 13.4 Å². The topological polar surface area (TPSA) is 105 Å². The Balaban J connectivity index is 1.34. The molecule has 8 heteroatoms. The number of hydrogen-bond acceptors (Lipinski definition) is 5. The number of amides is 1. The zero-order chi connectivity index (χ0) is 21.0. The molecule has 30 heavy (non-hydrogen) atoms. The van der Waals surface area contributed by atoms with Crippen molar-refractivity contribution >= 4 is 26.8 Å². The minimum Gasteiger partial charge on any atom is -0.459 e. The Bertz CT molecular complexity index is 1230. The maximum absolute atomic E-state index is 12.6. The summed E-state index contributed by atoms with van der Waals surface area (Å²) in [5, 5.41) is 2.79. The van der Waals surface area contributed by atoms with Crippen LogP contribution in [0.5, 0.6) is 0 Å². The van der Waals surface area contributed by atoms with Gasteiger partial charge in [-0.05, 0) is 36.8 Å². The number of nitrogens with one attached hydrogen (secondary N) is 2. The van der Waals surface area contributed by atoms with Gasteiger partial charge >= 0.3 is 0 Å². The summed E-state index contributed by atoms with van der Waals surface area (Å²) in [6.07, 6.45) is 2.70. The van der Waals surface area contributed by atoms with Crippen LogP contribution >= 0.6 is 0 Å². The molecule has 154 valence electrons. The van der Waals surface area contributed by atoms with E-state index in [1.165, 1.54) is 24.5 Å². The number of rotatable bonds is 8. The number of H-pyrrole nitrogens is 1. The van der Waals surface area contributed by atoms with Crippen molar-refractivity contribution in [2.75, 3.05) is 6.54 Å². The lowest BCUT2D eigenvalue weighted by Gasteiger charge is -2.06. The number of aromatic amines is 1. The third-order valence-electron chi connectivity index (χ3n) is 4.72. The maximum atomic E-state index is 12.6. The van der Waals surface area contributed by atoms with Gasteiger partial charge in [-0.2, -0.15) is 0 Å². The third-order valence-corrected chi connectivity index (χ3v) is 6.40. The standard InChI is InChI=1S/C22H21N3O4S/c26-22(23-13-6-11-20-24-18-9-4-5-10-19(18)25-20)21-16(12-14-29-21)15-30(27,28)17-7-2-1-3-8-17/h1-5,7-10,12,14H,6,11,13,15H2,(H,23,26)(H,24,25). The van der Waals surface area contributed by atoms with Crippen LogP contribution in [-0.2, 0) is 22.0 Å². The first-order valence-corrected chi connectivity index (χ1v) is 11.2. The van der Waals surface area contributed by atoms with Crippen LogP contribution < -0.4 is 5.32 Å². The number of carbonyl (C=O) groups is 1. The normalized spacial score (nSPS) is 11.6. The van der Waals surface area contributed by atoms with E-state index in [4.69, 9.17) is 4.42 Å². The van der Waals surface area contributed by atoms with Crippen molar-refractivity contribution < 1.29 is 17.6 Å². The molecule has 0 saturated carbocycles. The summed E-state index contributed by atoms with van der Waals surface area (Å²) < 4.78 is 30.4. The second kappa shape index (κ2) is 8.54. The lowest BCUT2D eigenvalue weighted by atomic mass is 10.2. The molecule has 2 aromatic heterocycles. The Hall–Kier alpha value is -3.39. The fourth-order valence-electron chi connectivity index (χ4n) is 3.23. The fraction of sp³-hybridized carbons (Fsp3) is 0.182. The van der Waals surface area contributed by atoms with Gasteiger partial charge in [0, 0.05) is 18.5 Å². The van der Waals surface area contributed by atoms with Crippen LogP contribution in [0.4, 0.5) is 0 Å². The molecule has 2 aromatic carbocycles. The number of benzene rings is 2. The molecule has 0 aliphatic carbocycles. The molecular weight excluding hydrogens is 402 g/mol. The number of aromatic nitrogens is 2. The van der Waals surface area contributed by atoms with Crippen molar-refractivity contribution in [2.24, 2.45) is 0 Å². The molecular formula is C22H21N3O4S. The zero-order valence-electron chi connectivity index (χ0n) is 16.2. The molecule has 0 aliphatic rings. The highest BCUT2D eigenvalue weighted by Gasteiger charge is 2.22. The molecule has 0 saturated heterocycles. The molecule has 2 heterocycles. The second-order valence-electron chi connectivity index (χ2n) is 6.91. The van der Waals surface area contributed by atoms with E-state index >= 15 is 0 Å². The van der Waals surface area contributed by atoms with Gasteiger partial charge < -0.3 is 14.7 Å². The Kier molecular flexibility index (Phi) is 5.67. The summed E-state index contributed by atoms with van der Waals surface area (Å²) in [6.45, 7) is 0.418. The average Bonchev–Trinajstić information content (AvgIpc) is 3.37. The third kappa shape index (κ3) is 4.44. The number of nitrogens with zero attached hydrogens (tertiary/aromatic N) is 1. The first kappa shape index (κ1) is 19.9. The van der Waals surface area contributed by atoms with E-state index in [1.807, 2.05) is 24.3 Å². The fourth-order valence-corrected chi connectivity index (χ4v) is 4.60. The number of hydrogen-bond donors (Lipinski definition) is 2. The smallest absolute Gasteiger partial charge is 0.287 e. The van der Waals surface area contributed by atoms with E-state index in [2.05, 4.69) is 15.3 Å². The van der Waals surface area contributed by atoms with Crippen LogP contribution in [-0.4, -0.2) is 30.8 Å². The number of furan rings is 1.